The van der Waals surface area contributed by atoms with E-state index in [4.69, 9.17) is 26.0 Å². The lowest BCUT2D eigenvalue weighted by atomic mass is 9.86. The van der Waals surface area contributed by atoms with E-state index in [0.717, 1.165) is 11.1 Å². The van der Waals surface area contributed by atoms with E-state index < -0.39 is 6.35 Å². The minimum atomic E-state index is -1.04. The van der Waals surface area contributed by atoms with Crippen LogP contribution in [-0.4, -0.2) is 42.0 Å². The Hall–Kier alpha value is -4.81. The minimum absolute atomic E-state index is 0.133. The van der Waals surface area contributed by atoms with Crippen LogP contribution in [0.2, 0.25) is 0 Å². The molecule has 1 amide bonds. The van der Waals surface area contributed by atoms with Crippen molar-refractivity contribution >= 4 is 11.6 Å². The van der Waals surface area contributed by atoms with Crippen molar-refractivity contribution in [1.29, 1.82) is 5.26 Å². The molecule has 4 rings (SSSR count). The van der Waals surface area contributed by atoms with E-state index in [1.807, 2.05) is 36.4 Å². The van der Waals surface area contributed by atoms with E-state index in [9.17, 15) is 10.1 Å². The number of nitrogens with two attached hydrogens (primary N) is 2. The molecule has 4 N–H and O–H groups in total. The third-order valence-corrected chi connectivity index (χ3v) is 6.35. The number of hydrazine groups is 1. The van der Waals surface area contributed by atoms with Crippen molar-refractivity contribution < 1.29 is 14.3 Å². The Bertz CT molecular complexity index is 1500. The highest BCUT2D eigenvalue weighted by atomic mass is 16.5. The van der Waals surface area contributed by atoms with Gasteiger partial charge < -0.3 is 20.1 Å². The summed E-state index contributed by atoms with van der Waals surface area (Å²) in [5.41, 5.74) is 9.87. The zero-order valence-corrected chi connectivity index (χ0v) is 23.4. The van der Waals surface area contributed by atoms with Crippen molar-refractivity contribution in [1.82, 2.24) is 9.91 Å². The molecule has 3 aromatic rings. The van der Waals surface area contributed by atoms with Gasteiger partial charge >= 0.3 is 0 Å². The Balaban J connectivity index is 1.75. The standard InChI is InChI=1S/C31H34N6O3/c1-31(2,3)24-15-14-21(19-32)17-26(24)40-30-35-25(16-20-10-7-6-8-11-20)27(33)29(37(30)34)39-23-13-9-12-22(18-23)28(38)36(4)5/h6-15,17-18,30H,16,33-34H2,1-5H3. The molecule has 0 fully saturated rings. The summed E-state index contributed by atoms with van der Waals surface area (Å²) < 4.78 is 12.6. The molecule has 1 heterocycles. The summed E-state index contributed by atoms with van der Waals surface area (Å²) in [6.07, 6.45) is -0.626. The number of hydrogen-bond donors (Lipinski definition) is 2. The highest BCUT2D eigenvalue weighted by Gasteiger charge is 2.32. The van der Waals surface area contributed by atoms with Gasteiger partial charge in [0.25, 0.3) is 12.3 Å². The van der Waals surface area contributed by atoms with E-state index in [1.54, 1.807) is 50.5 Å². The molecule has 9 heteroatoms. The van der Waals surface area contributed by atoms with Gasteiger partial charge in [-0.2, -0.15) is 5.26 Å². The number of allylic oxidation sites excluding steroid dienone is 1. The van der Waals surface area contributed by atoms with Crippen LogP contribution < -0.4 is 21.1 Å². The SMILES string of the molecule is CN(C)C(=O)c1cccc(OC2=C(N)C(Cc3ccccc3)=NC(Oc3cc(C#N)ccc3C(C)(C)C)N2N)c1. The lowest BCUT2D eigenvalue weighted by molar-refractivity contribution is 0.0214. The maximum atomic E-state index is 12.5. The molecule has 3 aromatic carbocycles. The number of hydrogen-bond acceptors (Lipinski definition) is 8. The van der Waals surface area contributed by atoms with Crippen LogP contribution in [0.15, 0.2) is 89.4 Å². The number of carbonyl (C=O) groups excluding carboxylic acids is 1. The molecule has 0 saturated carbocycles. The van der Waals surface area contributed by atoms with Crippen molar-refractivity contribution in [2.24, 2.45) is 16.6 Å². The van der Waals surface area contributed by atoms with Gasteiger partial charge in [-0.05, 0) is 46.9 Å². The van der Waals surface area contributed by atoms with Gasteiger partial charge in [-0.1, -0.05) is 63.2 Å². The lowest BCUT2D eigenvalue weighted by Crippen LogP contribution is -2.49. The van der Waals surface area contributed by atoms with E-state index in [0.29, 0.717) is 34.8 Å². The van der Waals surface area contributed by atoms with Crippen LogP contribution in [0.5, 0.6) is 11.5 Å². The number of nitrogens with zero attached hydrogens (tertiary/aromatic N) is 4. The van der Waals surface area contributed by atoms with Gasteiger partial charge in [-0.3, -0.25) is 4.79 Å². The summed E-state index contributed by atoms with van der Waals surface area (Å²) >= 11 is 0. The van der Waals surface area contributed by atoms with Crippen LogP contribution >= 0.6 is 0 Å². The fourth-order valence-electron chi connectivity index (χ4n) is 4.23. The summed E-state index contributed by atoms with van der Waals surface area (Å²) in [5, 5.41) is 10.7. The van der Waals surface area contributed by atoms with E-state index in [2.05, 4.69) is 26.8 Å². The van der Waals surface area contributed by atoms with Gasteiger partial charge in [-0.25, -0.2) is 15.8 Å². The topological polar surface area (TPSA) is 130 Å². The quantitative estimate of drug-likeness (QED) is 0.429. The monoisotopic (exact) mass is 538 g/mol. The first-order valence-electron chi connectivity index (χ1n) is 12.8. The Morgan fingerprint density at radius 2 is 1.80 bits per heavy atom. The number of benzene rings is 3. The fraction of sp³-hybridized carbons (Fsp3) is 0.258. The number of rotatable bonds is 7. The van der Waals surface area contributed by atoms with Crippen LogP contribution in [-0.2, 0) is 11.8 Å². The zero-order valence-electron chi connectivity index (χ0n) is 23.4. The molecule has 0 aliphatic carbocycles. The molecule has 0 aromatic heterocycles. The number of carbonyl (C=O) groups is 1. The second-order valence-electron chi connectivity index (χ2n) is 10.7. The van der Waals surface area contributed by atoms with Crippen molar-refractivity contribution in [2.75, 3.05) is 14.1 Å². The van der Waals surface area contributed by atoms with Crippen molar-refractivity contribution in [3.05, 3.63) is 107 Å². The molecule has 0 spiro atoms. The number of nitriles is 1. The predicted molar refractivity (Wildman–Crippen MR) is 154 cm³/mol. The first-order valence-corrected chi connectivity index (χ1v) is 12.8. The second-order valence-corrected chi connectivity index (χ2v) is 10.7. The molecule has 1 aliphatic rings. The Morgan fingerprint density at radius 1 is 1.07 bits per heavy atom. The summed E-state index contributed by atoms with van der Waals surface area (Å²) in [4.78, 5) is 18.8. The first-order chi connectivity index (χ1) is 19.0. The molecule has 40 heavy (non-hydrogen) atoms. The molecule has 9 nitrogen and oxygen atoms in total. The molecule has 1 unspecified atom stereocenters. The Labute approximate surface area is 234 Å². The van der Waals surface area contributed by atoms with Gasteiger partial charge in [0.05, 0.1) is 17.3 Å². The van der Waals surface area contributed by atoms with Crippen LogP contribution in [0.3, 0.4) is 0 Å². The van der Waals surface area contributed by atoms with Crippen LogP contribution in [0.1, 0.15) is 47.8 Å². The Kier molecular flexibility index (Phi) is 8.12. The first kappa shape index (κ1) is 28.2. The number of amides is 1. The average molecular weight is 539 g/mol. The minimum Gasteiger partial charge on any atom is -0.449 e. The molecule has 0 bridgehead atoms. The van der Waals surface area contributed by atoms with Crippen LogP contribution in [0.4, 0.5) is 0 Å². The van der Waals surface area contributed by atoms with Gasteiger partial charge in [0.15, 0.2) is 0 Å². The molecule has 1 atom stereocenters. The van der Waals surface area contributed by atoms with E-state index >= 15 is 0 Å². The number of ether oxygens (including phenoxy) is 2. The summed E-state index contributed by atoms with van der Waals surface area (Å²) in [5.74, 6) is 7.36. The van der Waals surface area contributed by atoms with Gasteiger partial charge in [-0.15, -0.1) is 0 Å². The Morgan fingerprint density at radius 3 is 2.45 bits per heavy atom. The molecule has 0 radical (unpaired) electrons. The molecular weight excluding hydrogens is 504 g/mol. The maximum absolute atomic E-state index is 12.5. The van der Waals surface area contributed by atoms with Crippen LogP contribution in [0.25, 0.3) is 0 Å². The molecular formula is C31H34N6O3. The average Bonchev–Trinajstić information content (AvgIpc) is 2.93. The zero-order chi connectivity index (χ0) is 29.0. The third kappa shape index (κ3) is 6.25. The van der Waals surface area contributed by atoms with E-state index in [-0.39, 0.29) is 22.9 Å². The van der Waals surface area contributed by atoms with Gasteiger partial charge in [0.1, 0.15) is 17.2 Å². The van der Waals surface area contributed by atoms with Crippen LogP contribution in [0, 0.1) is 11.3 Å². The van der Waals surface area contributed by atoms with Gasteiger partial charge in [0, 0.05) is 26.1 Å². The summed E-state index contributed by atoms with van der Waals surface area (Å²) in [6.45, 7) is 6.17. The predicted octanol–water partition coefficient (Wildman–Crippen LogP) is 4.30. The normalized spacial score (nSPS) is 15.3. The molecule has 1 aliphatic heterocycles. The maximum Gasteiger partial charge on any atom is 0.286 e. The summed E-state index contributed by atoms with van der Waals surface area (Å²) in [6, 6.07) is 24.0. The largest absolute Gasteiger partial charge is 0.449 e. The smallest absolute Gasteiger partial charge is 0.286 e. The third-order valence-electron chi connectivity index (χ3n) is 6.35. The van der Waals surface area contributed by atoms with Crippen molar-refractivity contribution in [3.63, 3.8) is 0 Å². The van der Waals surface area contributed by atoms with Crippen molar-refractivity contribution in [2.45, 2.75) is 39.0 Å². The number of aliphatic imine (C=N–C) groups is 1. The molecule has 206 valence electrons. The lowest BCUT2D eigenvalue weighted by Gasteiger charge is -2.34. The summed E-state index contributed by atoms with van der Waals surface area (Å²) in [7, 11) is 3.36. The fourth-order valence-corrected chi connectivity index (χ4v) is 4.23. The van der Waals surface area contributed by atoms with E-state index in [1.165, 1.54) is 9.91 Å². The van der Waals surface area contributed by atoms with Crippen molar-refractivity contribution in [3.8, 4) is 17.6 Å². The molecule has 0 saturated heterocycles. The second kappa shape index (κ2) is 11.5. The van der Waals surface area contributed by atoms with Gasteiger partial charge in [0.2, 0.25) is 5.88 Å². The highest BCUT2D eigenvalue weighted by molar-refractivity contribution is 6.01. The highest BCUT2D eigenvalue weighted by Crippen LogP contribution is 2.34.